The van der Waals surface area contributed by atoms with Crippen LogP contribution in [0.3, 0.4) is 0 Å². The Morgan fingerprint density at radius 1 is 1.35 bits per heavy atom. The van der Waals surface area contributed by atoms with Crippen molar-refractivity contribution in [2.45, 2.75) is 62.1 Å². The molecule has 0 amide bonds. The van der Waals surface area contributed by atoms with Gasteiger partial charge in [0.2, 0.25) is 0 Å². The van der Waals surface area contributed by atoms with Crippen LogP contribution in [0.4, 0.5) is 0 Å². The molecule has 0 aliphatic heterocycles. The van der Waals surface area contributed by atoms with Gasteiger partial charge in [0, 0.05) is 18.0 Å². The molecule has 2 aromatic rings. The quantitative estimate of drug-likeness (QED) is 0.708. The smallest absolute Gasteiger partial charge is 0.198 e. The molecule has 2 atom stereocenters. The number of nitrogens with zero attached hydrogens (tertiary/aromatic N) is 4. The van der Waals surface area contributed by atoms with E-state index in [-0.39, 0.29) is 27.9 Å². The van der Waals surface area contributed by atoms with Crippen molar-refractivity contribution >= 4 is 15.6 Å². The summed E-state index contributed by atoms with van der Waals surface area (Å²) in [6, 6.07) is 3.32. The molecule has 2 heterocycles. The molecule has 26 heavy (non-hydrogen) atoms. The van der Waals surface area contributed by atoms with Crippen LogP contribution in [0.15, 0.2) is 23.4 Å². The lowest BCUT2D eigenvalue weighted by Gasteiger charge is -2.22. The van der Waals surface area contributed by atoms with Gasteiger partial charge in [-0.25, -0.2) is 18.5 Å². The predicted octanol–water partition coefficient (Wildman–Crippen LogP) is 1.86. The summed E-state index contributed by atoms with van der Waals surface area (Å²) in [5.41, 5.74) is 0.850. The van der Waals surface area contributed by atoms with E-state index in [0.717, 1.165) is 18.4 Å². The first kappa shape index (κ1) is 18.6. The van der Waals surface area contributed by atoms with E-state index in [4.69, 9.17) is 0 Å². The number of nitrogens with one attached hydrogen (secondary N) is 1. The van der Waals surface area contributed by atoms with Gasteiger partial charge in [0.05, 0.1) is 5.25 Å². The average molecular weight is 377 g/mol. The number of hydrogen-bond donors (Lipinski definition) is 1. The van der Waals surface area contributed by atoms with Gasteiger partial charge < -0.3 is 0 Å². The molecule has 1 fully saturated rings. The number of pyridine rings is 1. The lowest BCUT2D eigenvalue weighted by molar-refractivity contribution is -0.121. The summed E-state index contributed by atoms with van der Waals surface area (Å²) in [5.74, 6) is 0.252. The summed E-state index contributed by atoms with van der Waals surface area (Å²) in [6.07, 6.45) is 5.13. The van der Waals surface area contributed by atoms with Crippen LogP contribution in [0.5, 0.6) is 0 Å². The van der Waals surface area contributed by atoms with Gasteiger partial charge in [-0.2, -0.15) is 0 Å². The van der Waals surface area contributed by atoms with Crippen molar-refractivity contribution in [1.29, 1.82) is 0 Å². The molecule has 0 saturated heterocycles. The van der Waals surface area contributed by atoms with Gasteiger partial charge in [-0.3, -0.25) is 4.79 Å². The van der Waals surface area contributed by atoms with E-state index in [2.05, 4.69) is 25.6 Å². The maximum Gasteiger partial charge on any atom is 0.198 e. The van der Waals surface area contributed by atoms with Gasteiger partial charge in [-0.15, -0.1) is 5.10 Å². The fourth-order valence-electron chi connectivity index (χ4n) is 3.25. The number of aromatic amines is 1. The third kappa shape index (κ3) is 3.98. The maximum atomic E-state index is 12.3. The molecule has 0 unspecified atom stereocenters. The highest BCUT2D eigenvalue weighted by Gasteiger charge is 2.37. The average Bonchev–Trinajstić information content (AvgIpc) is 3.35. The Kier molecular flexibility index (Phi) is 5.45. The Labute approximate surface area is 152 Å². The number of hydrogen-bond acceptors (Lipinski definition) is 7. The van der Waals surface area contributed by atoms with E-state index in [1.54, 1.807) is 25.3 Å². The van der Waals surface area contributed by atoms with Crippen molar-refractivity contribution in [3.8, 4) is 0 Å². The molecule has 1 saturated carbocycles. The van der Waals surface area contributed by atoms with Crippen LogP contribution in [0.2, 0.25) is 0 Å². The first-order valence-electron chi connectivity index (χ1n) is 8.86. The molecule has 3 rings (SSSR count). The van der Waals surface area contributed by atoms with Gasteiger partial charge >= 0.3 is 0 Å². The molecule has 0 aromatic carbocycles. The Morgan fingerprint density at radius 2 is 2.12 bits per heavy atom. The van der Waals surface area contributed by atoms with Crippen LogP contribution in [-0.4, -0.2) is 45.1 Å². The minimum atomic E-state index is -3.30. The molecule has 0 radical (unpaired) electrons. The van der Waals surface area contributed by atoms with Crippen molar-refractivity contribution < 1.29 is 13.2 Å². The normalized spacial score (nSPS) is 17.0. The molecule has 140 valence electrons. The number of aromatic nitrogens is 5. The Bertz CT molecular complexity index is 845. The van der Waals surface area contributed by atoms with Crippen molar-refractivity contribution in [2.24, 2.45) is 5.92 Å². The van der Waals surface area contributed by atoms with Crippen LogP contribution >= 0.6 is 0 Å². The molecule has 0 bridgehead atoms. The first-order valence-corrected chi connectivity index (χ1v) is 10.4. The molecule has 1 N–H and O–H groups in total. The monoisotopic (exact) mass is 377 g/mol. The van der Waals surface area contributed by atoms with E-state index in [1.807, 2.05) is 6.92 Å². The summed E-state index contributed by atoms with van der Waals surface area (Å²) in [6.45, 7) is 3.62. The van der Waals surface area contributed by atoms with Crippen LogP contribution < -0.4 is 0 Å². The number of Topliss-reactive ketones (excluding diaryl/α,β-unsaturated/α-hetero) is 1. The van der Waals surface area contributed by atoms with Crippen LogP contribution in [0.25, 0.3) is 0 Å². The topological polar surface area (TPSA) is 119 Å². The predicted molar refractivity (Wildman–Crippen MR) is 94.1 cm³/mol. The molecule has 0 spiro atoms. The minimum absolute atomic E-state index is 0.0918. The lowest BCUT2D eigenvalue weighted by Crippen LogP contribution is -2.23. The van der Waals surface area contributed by atoms with Crippen LogP contribution in [-0.2, 0) is 21.1 Å². The largest absolute Gasteiger partial charge is 0.300 e. The number of ketones is 1. The number of tetrazole rings is 1. The van der Waals surface area contributed by atoms with Gasteiger partial charge in [0.25, 0.3) is 0 Å². The van der Waals surface area contributed by atoms with Gasteiger partial charge in [-0.05, 0) is 54.7 Å². The molecule has 8 nitrogen and oxygen atoms in total. The second-order valence-corrected chi connectivity index (χ2v) is 9.03. The summed E-state index contributed by atoms with van der Waals surface area (Å²) in [5, 5.41) is 13.9. The zero-order valence-electron chi connectivity index (χ0n) is 14.9. The standard InChI is InChI=1S/C17H23N5O3S/c1-3-4-14(11(2)23)15(17-19-21-22-20-17)9-12-5-8-16(18-10-12)26(24,25)13-6-7-13/h5,8,10,13-15H,3-4,6-7,9H2,1-2H3,(H,19,20,21,22)/t14-,15+/m1/s1. The number of H-pyrrole nitrogens is 1. The third-order valence-corrected chi connectivity index (χ3v) is 7.00. The molecular formula is C17H23N5O3S. The first-order chi connectivity index (χ1) is 12.4. The van der Waals surface area contributed by atoms with E-state index >= 15 is 0 Å². The highest BCUT2D eigenvalue weighted by molar-refractivity contribution is 7.92. The highest BCUT2D eigenvalue weighted by Crippen LogP contribution is 2.33. The maximum absolute atomic E-state index is 12.3. The fraction of sp³-hybridized carbons (Fsp3) is 0.588. The Balaban J connectivity index is 1.83. The van der Waals surface area contributed by atoms with Gasteiger partial charge in [0.15, 0.2) is 20.7 Å². The number of sulfone groups is 1. The van der Waals surface area contributed by atoms with Crippen LogP contribution in [0.1, 0.15) is 56.8 Å². The molecule has 2 aromatic heterocycles. The van der Waals surface area contributed by atoms with Gasteiger partial charge in [0.1, 0.15) is 5.78 Å². The van der Waals surface area contributed by atoms with Gasteiger partial charge in [-0.1, -0.05) is 19.4 Å². The summed E-state index contributed by atoms with van der Waals surface area (Å²) in [4.78, 5) is 16.3. The summed E-state index contributed by atoms with van der Waals surface area (Å²) >= 11 is 0. The summed E-state index contributed by atoms with van der Waals surface area (Å²) < 4.78 is 24.5. The van der Waals surface area contributed by atoms with Crippen molar-refractivity contribution in [2.75, 3.05) is 0 Å². The van der Waals surface area contributed by atoms with E-state index in [9.17, 15) is 13.2 Å². The molecular weight excluding hydrogens is 354 g/mol. The Hall–Kier alpha value is -2.16. The van der Waals surface area contributed by atoms with E-state index in [1.165, 1.54) is 0 Å². The fourth-order valence-corrected chi connectivity index (χ4v) is 4.81. The summed E-state index contributed by atoms with van der Waals surface area (Å²) in [7, 11) is -3.30. The zero-order chi connectivity index (χ0) is 18.7. The van der Waals surface area contributed by atoms with Crippen molar-refractivity contribution in [3.05, 3.63) is 29.7 Å². The second-order valence-electron chi connectivity index (χ2n) is 6.85. The second kappa shape index (κ2) is 7.61. The molecule has 1 aliphatic rings. The number of carbonyl (C=O) groups is 1. The Morgan fingerprint density at radius 3 is 2.62 bits per heavy atom. The van der Waals surface area contributed by atoms with E-state index < -0.39 is 9.84 Å². The lowest BCUT2D eigenvalue weighted by atomic mass is 9.81. The van der Waals surface area contributed by atoms with Crippen molar-refractivity contribution in [1.82, 2.24) is 25.6 Å². The van der Waals surface area contributed by atoms with Crippen LogP contribution in [0, 0.1) is 5.92 Å². The SMILES string of the molecule is CCC[C@H](C(C)=O)[C@H](Cc1ccc(S(=O)(=O)C2CC2)nc1)c1nnn[nH]1. The number of rotatable bonds is 9. The number of carbonyl (C=O) groups excluding carboxylic acids is 1. The minimum Gasteiger partial charge on any atom is -0.300 e. The molecule has 1 aliphatic carbocycles. The third-order valence-electron chi connectivity index (χ3n) is 4.83. The highest BCUT2D eigenvalue weighted by atomic mass is 32.2. The zero-order valence-corrected chi connectivity index (χ0v) is 15.7. The van der Waals surface area contributed by atoms with Crippen molar-refractivity contribution in [3.63, 3.8) is 0 Å². The van der Waals surface area contributed by atoms with E-state index in [0.29, 0.717) is 25.1 Å². The molecule has 9 heteroatoms.